The van der Waals surface area contributed by atoms with Gasteiger partial charge < -0.3 is 11.1 Å². The second kappa shape index (κ2) is 1.30. The predicted molar refractivity (Wildman–Crippen MR) is 24.9 cm³/mol. The van der Waals surface area contributed by atoms with E-state index in [0.717, 1.165) is 13.0 Å². The minimum Gasteiger partial charge on any atom is -0.362 e. The summed E-state index contributed by atoms with van der Waals surface area (Å²) in [6.07, 6.45) is 2.98. The summed E-state index contributed by atoms with van der Waals surface area (Å²) < 4.78 is 0. The van der Waals surface area contributed by atoms with Crippen molar-refractivity contribution in [1.29, 1.82) is 0 Å². The van der Waals surface area contributed by atoms with Gasteiger partial charge in [0, 0.05) is 18.3 Å². The van der Waals surface area contributed by atoms with Crippen molar-refractivity contribution in [3.05, 3.63) is 11.9 Å². The normalized spacial score (nSPS) is 15.8. The minimum atomic E-state index is 0.763. The van der Waals surface area contributed by atoms with Gasteiger partial charge in [0.05, 0.1) is 0 Å². The molecule has 1 aliphatic rings. The molecule has 6 heavy (non-hydrogen) atoms. The first-order valence-electron chi connectivity index (χ1n) is 2.09. The fourth-order valence-electron chi connectivity index (χ4n) is 0.351. The zero-order chi connectivity index (χ0) is 4.41. The molecule has 0 aromatic carbocycles. The van der Waals surface area contributed by atoms with Crippen molar-refractivity contribution in [3.63, 3.8) is 0 Å². The highest BCUT2D eigenvalue weighted by atomic mass is 15.0. The fraction of sp³-hybridized carbons (Fsp3) is 0.500. The Bertz CT molecular complexity index is 75.6. The summed E-state index contributed by atoms with van der Waals surface area (Å²) in [5.41, 5.74) is 6.48. The molecule has 1 rings (SSSR count). The lowest BCUT2D eigenvalue weighted by Gasteiger charge is -1.79. The highest BCUT2D eigenvalue weighted by molar-refractivity contribution is 5.15. The van der Waals surface area contributed by atoms with Gasteiger partial charge in [0.25, 0.3) is 0 Å². The molecule has 0 aromatic heterocycles. The van der Waals surface area contributed by atoms with Crippen LogP contribution in [0.15, 0.2) is 11.9 Å². The maximum absolute atomic E-state index is 5.19. The molecule has 0 unspecified atom stereocenters. The van der Waals surface area contributed by atoms with E-state index in [1.165, 1.54) is 5.70 Å². The van der Waals surface area contributed by atoms with Crippen LogP contribution in [0, 0.1) is 0 Å². The first-order valence-corrected chi connectivity index (χ1v) is 2.09. The van der Waals surface area contributed by atoms with Crippen LogP contribution in [0.5, 0.6) is 0 Å². The lowest BCUT2D eigenvalue weighted by Crippen LogP contribution is -1.98. The van der Waals surface area contributed by atoms with Crippen LogP contribution in [0.1, 0.15) is 6.42 Å². The van der Waals surface area contributed by atoms with Gasteiger partial charge in [-0.05, 0) is 6.54 Å². The molecule has 0 fully saturated rings. The van der Waals surface area contributed by atoms with Gasteiger partial charge in [0.1, 0.15) is 0 Å². The van der Waals surface area contributed by atoms with Crippen LogP contribution in [0.2, 0.25) is 0 Å². The van der Waals surface area contributed by atoms with E-state index < -0.39 is 0 Å². The van der Waals surface area contributed by atoms with Crippen LogP contribution < -0.4 is 11.1 Å². The summed E-state index contributed by atoms with van der Waals surface area (Å²) in [6, 6.07) is 0. The van der Waals surface area contributed by atoms with Gasteiger partial charge in [-0.1, -0.05) is 0 Å². The third-order valence-corrected chi connectivity index (χ3v) is 0.762. The quantitative estimate of drug-likeness (QED) is 0.486. The molecule has 2 nitrogen and oxygen atoms in total. The van der Waals surface area contributed by atoms with Gasteiger partial charge in [0.2, 0.25) is 0 Å². The zero-order valence-electron chi connectivity index (χ0n) is 3.57. The average molecular weight is 84.1 g/mol. The summed E-state index contributed by atoms with van der Waals surface area (Å²) in [5, 5.41) is 2.95. The minimum absolute atomic E-state index is 0.763. The van der Waals surface area contributed by atoms with Gasteiger partial charge in [0.15, 0.2) is 0 Å². The highest BCUT2D eigenvalue weighted by Crippen LogP contribution is 2.03. The smallest absolute Gasteiger partial charge is 0.0322 e. The molecule has 1 aliphatic heterocycles. The summed E-state index contributed by atoms with van der Waals surface area (Å²) in [4.78, 5) is 0. The molecule has 2 heteroatoms. The summed E-state index contributed by atoms with van der Waals surface area (Å²) in [6.45, 7) is 0.763. The van der Waals surface area contributed by atoms with E-state index in [0.29, 0.717) is 0 Å². The van der Waals surface area contributed by atoms with E-state index in [-0.39, 0.29) is 0 Å². The zero-order valence-corrected chi connectivity index (χ0v) is 3.57. The molecule has 0 radical (unpaired) electrons. The molecule has 0 bridgehead atoms. The molecule has 0 saturated carbocycles. The van der Waals surface area contributed by atoms with Crippen molar-refractivity contribution >= 4 is 0 Å². The van der Waals surface area contributed by atoms with E-state index in [1.807, 2.05) is 6.20 Å². The average Bonchev–Trinajstić information content (AvgIpc) is 2.21. The SMILES string of the molecule is NCCC1=CN1. The maximum Gasteiger partial charge on any atom is 0.0322 e. The van der Waals surface area contributed by atoms with Crippen LogP contribution in [0.3, 0.4) is 0 Å². The largest absolute Gasteiger partial charge is 0.362 e. The van der Waals surface area contributed by atoms with Gasteiger partial charge >= 0.3 is 0 Å². The molecule has 0 saturated heterocycles. The third-order valence-electron chi connectivity index (χ3n) is 0.762. The number of hydrogen-bond acceptors (Lipinski definition) is 2. The number of nitrogens with one attached hydrogen (secondary N) is 1. The van der Waals surface area contributed by atoms with Gasteiger partial charge in [-0.15, -0.1) is 0 Å². The van der Waals surface area contributed by atoms with E-state index in [4.69, 9.17) is 5.73 Å². The summed E-state index contributed by atoms with van der Waals surface area (Å²) in [5.74, 6) is 0. The molecule has 0 aliphatic carbocycles. The Kier molecular flexibility index (Phi) is 0.801. The Morgan fingerprint density at radius 3 is 2.67 bits per heavy atom. The fourth-order valence-corrected chi connectivity index (χ4v) is 0.351. The molecule has 0 amide bonds. The standard InChI is InChI=1S/C4H8N2/c5-2-1-4-3-6-4/h3,6H,1-2,5H2. The monoisotopic (exact) mass is 84.1 g/mol. The second-order valence-electron chi connectivity index (χ2n) is 1.35. The molecule has 3 N–H and O–H groups in total. The molecule has 0 spiro atoms. The van der Waals surface area contributed by atoms with E-state index >= 15 is 0 Å². The lowest BCUT2D eigenvalue weighted by molar-refractivity contribution is 0.956. The molecular weight excluding hydrogens is 76.1 g/mol. The Balaban J connectivity index is 2.02. The van der Waals surface area contributed by atoms with Gasteiger partial charge in [-0.2, -0.15) is 0 Å². The van der Waals surface area contributed by atoms with E-state index in [1.54, 1.807) is 0 Å². The van der Waals surface area contributed by atoms with Crippen molar-refractivity contribution in [3.8, 4) is 0 Å². The second-order valence-corrected chi connectivity index (χ2v) is 1.35. The van der Waals surface area contributed by atoms with Gasteiger partial charge in [-0.3, -0.25) is 0 Å². The van der Waals surface area contributed by atoms with Crippen LogP contribution in [-0.2, 0) is 0 Å². The van der Waals surface area contributed by atoms with E-state index in [9.17, 15) is 0 Å². The maximum atomic E-state index is 5.19. The summed E-state index contributed by atoms with van der Waals surface area (Å²) in [7, 11) is 0. The van der Waals surface area contributed by atoms with Crippen molar-refractivity contribution < 1.29 is 0 Å². The summed E-state index contributed by atoms with van der Waals surface area (Å²) >= 11 is 0. The van der Waals surface area contributed by atoms with Crippen LogP contribution in [0.25, 0.3) is 0 Å². The molecule has 34 valence electrons. The number of rotatable bonds is 2. The molecule has 1 heterocycles. The molecular formula is C4H8N2. The van der Waals surface area contributed by atoms with Crippen molar-refractivity contribution in [2.24, 2.45) is 5.73 Å². The molecule has 0 aromatic rings. The van der Waals surface area contributed by atoms with E-state index in [2.05, 4.69) is 5.32 Å². The van der Waals surface area contributed by atoms with Crippen LogP contribution in [-0.4, -0.2) is 6.54 Å². The van der Waals surface area contributed by atoms with Crippen molar-refractivity contribution in [1.82, 2.24) is 5.32 Å². The van der Waals surface area contributed by atoms with Crippen LogP contribution in [0.4, 0.5) is 0 Å². The van der Waals surface area contributed by atoms with Crippen LogP contribution >= 0.6 is 0 Å². The third kappa shape index (κ3) is 0.723. The lowest BCUT2D eigenvalue weighted by atomic mass is 10.4. The first-order chi connectivity index (χ1) is 2.93. The molecule has 0 atom stereocenters. The number of nitrogens with two attached hydrogens (primary N) is 1. The van der Waals surface area contributed by atoms with Gasteiger partial charge in [-0.25, -0.2) is 0 Å². The Hall–Kier alpha value is -0.500. The first kappa shape index (κ1) is 3.68. The Labute approximate surface area is 37.0 Å². The number of hydrogen-bond donors (Lipinski definition) is 2. The Morgan fingerprint density at radius 1 is 1.83 bits per heavy atom. The topological polar surface area (TPSA) is 48.0 Å². The van der Waals surface area contributed by atoms with Crippen molar-refractivity contribution in [2.45, 2.75) is 6.42 Å². The highest BCUT2D eigenvalue weighted by Gasteiger charge is 2.01. The van der Waals surface area contributed by atoms with Crippen molar-refractivity contribution in [2.75, 3.05) is 6.54 Å². The Morgan fingerprint density at radius 2 is 2.50 bits per heavy atom. The predicted octanol–water partition coefficient (Wildman–Crippen LogP) is -0.220.